The molecule has 0 saturated carbocycles. The lowest BCUT2D eigenvalue weighted by atomic mass is 10.1. The molecule has 8 heteroatoms. The van der Waals surface area contributed by atoms with Crippen molar-refractivity contribution in [3.05, 3.63) is 95.6 Å². The third-order valence-corrected chi connectivity index (χ3v) is 9.06. The molecular weight excluding hydrogens is 424 g/mol. The number of esters is 1. The van der Waals surface area contributed by atoms with E-state index in [0.717, 1.165) is 5.56 Å². The Balaban J connectivity index is 1.76. The Labute approximate surface area is 175 Å². The fraction of sp³-hybridized carbons (Fsp3) is 0.136. The zero-order chi connectivity index (χ0) is 21.4. The van der Waals surface area contributed by atoms with Gasteiger partial charge in [-0.05, 0) is 29.8 Å². The summed E-state index contributed by atoms with van der Waals surface area (Å²) < 4.78 is 57.1. The predicted octanol–water partition coefficient (Wildman–Crippen LogP) is 3.35. The van der Waals surface area contributed by atoms with Crippen LogP contribution in [0.4, 0.5) is 0 Å². The highest BCUT2D eigenvalue weighted by molar-refractivity contribution is 7.96. The van der Waals surface area contributed by atoms with Gasteiger partial charge < -0.3 is 4.74 Å². The molecule has 3 aromatic carbocycles. The van der Waals surface area contributed by atoms with Crippen molar-refractivity contribution in [2.24, 2.45) is 0 Å². The minimum absolute atomic E-state index is 0.00510. The van der Waals surface area contributed by atoms with E-state index < -0.39 is 36.6 Å². The Hall–Kier alpha value is -2.97. The molecule has 0 N–H and O–H groups in total. The van der Waals surface area contributed by atoms with E-state index in [2.05, 4.69) is 0 Å². The summed E-state index contributed by atoms with van der Waals surface area (Å²) in [7, 11) is -7.89. The molecule has 1 atom stereocenters. The molecule has 0 amide bonds. The summed E-state index contributed by atoms with van der Waals surface area (Å²) in [4.78, 5) is 12.7. The average Bonchev–Trinajstić information content (AvgIpc) is 3.05. The number of fused-ring (bicyclic) bond motifs is 1. The van der Waals surface area contributed by atoms with Crippen LogP contribution in [0.3, 0.4) is 0 Å². The number of sulfone groups is 2. The zero-order valence-corrected chi connectivity index (χ0v) is 17.4. The third kappa shape index (κ3) is 3.64. The molecule has 6 nitrogen and oxygen atoms in total. The topological polar surface area (TPSA) is 94.6 Å². The lowest BCUT2D eigenvalue weighted by Crippen LogP contribution is -2.18. The van der Waals surface area contributed by atoms with Crippen molar-refractivity contribution in [3.63, 3.8) is 0 Å². The SMILES string of the molecule is O=C(OCc1ccccc1)c1cccc2c1C(S(=O)(=O)c1ccccc1)CS2(=O)=O. The second kappa shape index (κ2) is 7.70. The predicted molar refractivity (Wildman–Crippen MR) is 110 cm³/mol. The van der Waals surface area contributed by atoms with Crippen molar-refractivity contribution in [1.82, 2.24) is 0 Å². The summed E-state index contributed by atoms with van der Waals surface area (Å²) in [6.07, 6.45) is 0. The normalized spacial score (nSPS) is 17.3. The van der Waals surface area contributed by atoms with Crippen molar-refractivity contribution < 1.29 is 26.4 Å². The van der Waals surface area contributed by atoms with E-state index in [1.807, 2.05) is 6.07 Å². The van der Waals surface area contributed by atoms with Crippen molar-refractivity contribution >= 4 is 25.6 Å². The van der Waals surface area contributed by atoms with Crippen LogP contribution in [0.15, 0.2) is 88.7 Å². The largest absolute Gasteiger partial charge is 0.457 e. The summed E-state index contributed by atoms with van der Waals surface area (Å²) >= 11 is 0. The van der Waals surface area contributed by atoms with Crippen molar-refractivity contribution in [2.45, 2.75) is 21.6 Å². The van der Waals surface area contributed by atoms with Gasteiger partial charge in [-0.15, -0.1) is 0 Å². The van der Waals surface area contributed by atoms with E-state index in [0.29, 0.717) is 0 Å². The quantitative estimate of drug-likeness (QED) is 0.563. The molecule has 0 fully saturated rings. The minimum Gasteiger partial charge on any atom is -0.457 e. The van der Waals surface area contributed by atoms with Gasteiger partial charge in [0, 0.05) is 5.56 Å². The second-order valence-electron chi connectivity index (χ2n) is 6.91. The van der Waals surface area contributed by atoms with Gasteiger partial charge in [0.1, 0.15) is 11.9 Å². The lowest BCUT2D eigenvalue weighted by molar-refractivity contribution is 0.0471. The fourth-order valence-electron chi connectivity index (χ4n) is 3.52. The Morgan fingerprint density at radius 1 is 0.900 bits per heavy atom. The van der Waals surface area contributed by atoms with Crippen LogP contribution in [0.1, 0.15) is 26.7 Å². The van der Waals surface area contributed by atoms with E-state index in [4.69, 9.17) is 4.74 Å². The first-order valence-electron chi connectivity index (χ1n) is 9.16. The Morgan fingerprint density at radius 2 is 1.53 bits per heavy atom. The van der Waals surface area contributed by atoms with Gasteiger partial charge in [-0.2, -0.15) is 0 Å². The molecule has 0 saturated heterocycles. The van der Waals surface area contributed by atoms with Crippen LogP contribution in [0.2, 0.25) is 0 Å². The first kappa shape index (κ1) is 20.3. The molecule has 30 heavy (non-hydrogen) atoms. The van der Waals surface area contributed by atoms with Crippen LogP contribution < -0.4 is 0 Å². The molecule has 1 aliphatic heterocycles. The first-order chi connectivity index (χ1) is 14.3. The molecule has 1 aliphatic rings. The molecule has 1 heterocycles. The zero-order valence-electron chi connectivity index (χ0n) is 15.8. The lowest BCUT2D eigenvalue weighted by Gasteiger charge is -2.15. The van der Waals surface area contributed by atoms with Crippen LogP contribution in [-0.4, -0.2) is 28.6 Å². The number of ether oxygens (including phenoxy) is 1. The Morgan fingerprint density at radius 3 is 2.20 bits per heavy atom. The highest BCUT2D eigenvalue weighted by Gasteiger charge is 2.45. The number of hydrogen-bond acceptors (Lipinski definition) is 6. The summed E-state index contributed by atoms with van der Waals surface area (Å²) in [6.45, 7) is -0.00775. The monoisotopic (exact) mass is 442 g/mol. The smallest absolute Gasteiger partial charge is 0.338 e. The van der Waals surface area contributed by atoms with Crippen molar-refractivity contribution in [2.75, 3.05) is 5.75 Å². The van der Waals surface area contributed by atoms with Gasteiger partial charge in [-0.1, -0.05) is 54.6 Å². The molecule has 154 valence electrons. The molecule has 0 radical (unpaired) electrons. The summed E-state index contributed by atoms with van der Waals surface area (Å²) in [6, 6.07) is 20.8. The van der Waals surface area contributed by atoms with Crippen LogP contribution in [-0.2, 0) is 31.0 Å². The number of rotatable bonds is 5. The van der Waals surface area contributed by atoms with Gasteiger partial charge in [0.25, 0.3) is 0 Å². The van der Waals surface area contributed by atoms with Crippen LogP contribution in [0.25, 0.3) is 0 Å². The van der Waals surface area contributed by atoms with Crippen molar-refractivity contribution in [3.8, 4) is 0 Å². The maximum atomic E-state index is 13.2. The van der Waals surface area contributed by atoms with Crippen LogP contribution in [0.5, 0.6) is 0 Å². The van der Waals surface area contributed by atoms with Gasteiger partial charge in [0.2, 0.25) is 0 Å². The molecule has 0 spiro atoms. The molecule has 1 unspecified atom stereocenters. The maximum absolute atomic E-state index is 13.2. The van der Waals surface area contributed by atoms with Gasteiger partial charge >= 0.3 is 5.97 Å². The highest BCUT2D eigenvalue weighted by atomic mass is 32.2. The first-order valence-corrected chi connectivity index (χ1v) is 12.4. The Bertz CT molecular complexity index is 1300. The van der Waals surface area contributed by atoms with Gasteiger partial charge in [-0.25, -0.2) is 21.6 Å². The molecule has 4 rings (SSSR count). The van der Waals surface area contributed by atoms with Gasteiger partial charge in [0.05, 0.1) is 21.1 Å². The van der Waals surface area contributed by atoms with E-state index in [1.165, 1.54) is 30.3 Å². The van der Waals surface area contributed by atoms with E-state index in [1.54, 1.807) is 42.5 Å². The molecule has 3 aromatic rings. The molecule has 0 bridgehead atoms. The van der Waals surface area contributed by atoms with Crippen LogP contribution >= 0.6 is 0 Å². The van der Waals surface area contributed by atoms with E-state index in [9.17, 15) is 21.6 Å². The molecule has 0 aromatic heterocycles. The number of benzene rings is 3. The fourth-order valence-corrected chi connectivity index (χ4v) is 7.89. The van der Waals surface area contributed by atoms with Gasteiger partial charge in [-0.3, -0.25) is 0 Å². The standard InChI is InChI=1S/C22H18O6S2/c23-22(28-14-16-8-3-1-4-9-16)18-12-7-13-19-21(18)20(15-29(19,24)25)30(26,27)17-10-5-2-6-11-17/h1-13,20H,14-15H2. The van der Waals surface area contributed by atoms with Gasteiger partial charge in [0.15, 0.2) is 19.7 Å². The second-order valence-corrected chi connectivity index (χ2v) is 11.0. The summed E-state index contributed by atoms with van der Waals surface area (Å²) in [5.41, 5.74) is 0.702. The number of hydrogen-bond donors (Lipinski definition) is 0. The minimum atomic E-state index is -4.03. The van der Waals surface area contributed by atoms with E-state index >= 15 is 0 Å². The van der Waals surface area contributed by atoms with E-state index in [-0.39, 0.29) is 27.5 Å². The van der Waals surface area contributed by atoms with Crippen molar-refractivity contribution in [1.29, 1.82) is 0 Å². The Kier molecular flexibility index (Phi) is 5.21. The average molecular weight is 443 g/mol. The number of carbonyl (C=O) groups is 1. The van der Waals surface area contributed by atoms with Crippen LogP contribution in [0, 0.1) is 0 Å². The highest BCUT2D eigenvalue weighted by Crippen LogP contribution is 2.43. The third-order valence-electron chi connectivity index (χ3n) is 4.97. The molecule has 0 aliphatic carbocycles. The number of carbonyl (C=O) groups excluding carboxylic acids is 1. The summed E-state index contributed by atoms with van der Waals surface area (Å²) in [5.74, 6) is -1.37. The molecular formula is C22H18O6S2. The maximum Gasteiger partial charge on any atom is 0.338 e. The summed E-state index contributed by atoms with van der Waals surface area (Å²) in [5, 5.41) is -1.37.